The Labute approximate surface area is 187 Å². The molecule has 8 nitrogen and oxygen atoms in total. The van der Waals surface area contributed by atoms with Crippen LogP contribution in [0.4, 0.5) is 14.5 Å². The molecule has 0 amide bonds. The van der Waals surface area contributed by atoms with Crippen molar-refractivity contribution in [2.45, 2.75) is 44.0 Å². The fourth-order valence-corrected chi connectivity index (χ4v) is 4.70. The zero-order chi connectivity index (χ0) is 22.8. The molecule has 172 valence electrons. The standard InChI is InChI=1S/C21H25F2N5O3S/c1-28-19(17-6-5-14(24)13(23)9-31-17)15(7-25-28)26-20(30)16-10-32-21(27-16)18-11(8-29)3-2-4-12(18)22/h2-4,7,10,13-14,17,20,26,29-30H,5-6,8-9,24H2,1H3/t13-,14-,17+,20?/m1/s1. The number of halogens is 2. The van der Waals surface area contributed by atoms with Gasteiger partial charge in [-0.2, -0.15) is 5.10 Å². The summed E-state index contributed by atoms with van der Waals surface area (Å²) in [7, 11) is 1.74. The SMILES string of the molecule is Cn1ncc(NC(O)c2csc(-c3c(F)cccc3CO)n2)c1[C@@H]1CC[C@@H](N)[C@H](F)CO1. The molecule has 4 atom stereocenters. The van der Waals surface area contributed by atoms with E-state index in [-0.39, 0.29) is 18.8 Å². The molecule has 0 radical (unpaired) electrons. The molecular formula is C21H25F2N5O3S. The minimum absolute atomic E-state index is 0.107. The van der Waals surface area contributed by atoms with E-state index in [1.54, 1.807) is 29.4 Å². The Hall–Kier alpha value is -2.44. The number of nitrogens with two attached hydrogens (primary N) is 1. The molecule has 5 N–H and O–H groups in total. The topological polar surface area (TPSA) is 118 Å². The number of aryl methyl sites for hydroxylation is 1. The summed E-state index contributed by atoms with van der Waals surface area (Å²) in [4.78, 5) is 4.36. The van der Waals surface area contributed by atoms with Crippen LogP contribution < -0.4 is 11.1 Å². The number of hydrogen-bond donors (Lipinski definition) is 4. The Balaban J connectivity index is 1.55. The van der Waals surface area contributed by atoms with E-state index in [9.17, 15) is 19.0 Å². The van der Waals surface area contributed by atoms with Crippen molar-refractivity contribution in [2.24, 2.45) is 12.8 Å². The number of alkyl halides is 1. The lowest BCUT2D eigenvalue weighted by molar-refractivity contribution is 0.0246. The zero-order valence-corrected chi connectivity index (χ0v) is 18.2. The van der Waals surface area contributed by atoms with Crippen molar-refractivity contribution in [3.63, 3.8) is 0 Å². The third kappa shape index (κ3) is 4.52. The molecule has 0 saturated carbocycles. The number of rotatable bonds is 6. The van der Waals surface area contributed by atoms with E-state index in [4.69, 9.17) is 10.5 Å². The number of aliphatic hydroxyl groups excluding tert-OH is 2. The van der Waals surface area contributed by atoms with Gasteiger partial charge in [0.05, 0.1) is 36.4 Å². The van der Waals surface area contributed by atoms with Crippen LogP contribution in [0.2, 0.25) is 0 Å². The first-order valence-corrected chi connectivity index (χ1v) is 11.1. The number of hydrogen-bond acceptors (Lipinski definition) is 8. The Bertz CT molecular complexity index is 1060. The molecule has 2 aromatic heterocycles. The van der Waals surface area contributed by atoms with Crippen molar-refractivity contribution < 1.29 is 23.7 Å². The predicted molar refractivity (Wildman–Crippen MR) is 116 cm³/mol. The van der Waals surface area contributed by atoms with Gasteiger partial charge in [0.15, 0.2) is 6.23 Å². The highest BCUT2D eigenvalue weighted by atomic mass is 32.1. The van der Waals surface area contributed by atoms with Crippen LogP contribution in [0.25, 0.3) is 10.6 Å². The normalized spacial score (nSPS) is 22.5. The number of thiazole rings is 1. The first kappa shape index (κ1) is 22.7. The van der Waals surface area contributed by atoms with Gasteiger partial charge >= 0.3 is 0 Å². The smallest absolute Gasteiger partial charge is 0.169 e. The van der Waals surface area contributed by atoms with Crippen LogP contribution in [-0.2, 0) is 18.4 Å². The molecule has 1 unspecified atom stereocenters. The second-order valence-electron chi connectivity index (χ2n) is 7.70. The number of aliphatic hydroxyl groups is 2. The third-order valence-corrected chi connectivity index (χ3v) is 6.43. The molecule has 4 rings (SSSR count). The van der Waals surface area contributed by atoms with Crippen LogP contribution in [0, 0.1) is 5.82 Å². The summed E-state index contributed by atoms with van der Waals surface area (Å²) < 4.78 is 35.6. The molecule has 1 aliphatic rings. The van der Waals surface area contributed by atoms with Gasteiger partial charge in [-0.3, -0.25) is 4.68 Å². The van der Waals surface area contributed by atoms with Crippen LogP contribution in [0.3, 0.4) is 0 Å². The van der Waals surface area contributed by atoms with E-state index < -0.39 is 30.4 Å². The highest BCUT2D eigenvalue weighted by molar-refractivity contribution is 7.13. The second kappa shape index (κ2) is 9.59. The second-order valence-corrected chi connectivity index (χ2v) is 8.56. The molecule has 1 aromatic carbocycles. The van der Waals surface area contributed by atoms with Gasteiger partial charge in [0.25, 0.3) is 0 Å². The quantitative estimate of drug-likeness (QED) is 0.414. The van der Waals surface area contributed by atoms with Crippen molar-refractivity contribution in [1.29, 1.82) is 0 Å². The van der Waals surface area contributed by atoms with Crippen molar-refractivity contribution in [1.82, 2.24) is 14.8 Å². The number of aromatic nitrogens is 3. The van der Waals surface area contributed by atoms with Gasteiger partial charge in [-0.15, -0.1) is 11.3 Å². The van der Waals surface area contributed by atoms with Crippen molar-refractivity contribution in [3.8, 4) is 10.6 Å². The van der Waals surface area contributed by atoms with Crippen molar-refractivity contribution in [3.05, 3.63) is 52.5 Å². The van der Waals surface area contributed by atoms with Gasteiger partial charge in [-0.05, 0) is 24.5 Å². The minimum atomic E-state index is -1.23. The summed E-state index contributed by atoms with van der Waals surface area (Å²) in [6.45, 7) is -0.434. The summed E-state index contributed by atoms with van der Waals surface area (Å²) in [5.41, 5.74) is 7.93. The van der Waals surface area contributed by atoms with Gasteiger partial charge in [-0.1, -0.05) is 12.1 Å². The van der Waals surface area contributed by atoms with E-state index in [0.29, 0.717) is 40.5 Å². The maximum atomic E-state index is 14.3. The highest BCUT2D eigenvalue weighted by Gasteiger charge is 2.30. The Morgan fingerprint density at radius 2 is 2.22 bits per heavy atom. The first-order valence-electron chi connectivity index (χ1n) is 10.2. The number of nitrogens with one attached hydrogen (secondary N) is 1. The fourth-order valence-electron chi connectivity index (χ4n) is 3.78. The lowest BCUT2D eigenvalue weighted by atomic mass is 10.0. The molecule has 1 aliphatic heterocycles. The summed E-state index contributed by atoms with van der Waals surface area (Å²) in [6, 6.07) is 3.86. The molecule has 0 spiro atoms. The van der Waals surface area contributed by atoms with Crippen LogP contribution >= 0.6 is 11.3 Å². The molecule has 1 fully saturated rings. The average Bonchev–Trinajstić information content (AvgIpc) is 3.36. The van der Waals surface area contributed by atoms with Crippen molar-refractivity contribution in [2.75, 3.05) is 11.9 Å². The molecule has 0 bridgehead atoms. The molecule has 0 aliphatic carbocycles. The number of anilines is 1. The maximum Gasteiger partial charge on any atom is 0.169 e. The van der Waals surface area contributed by atoms with E-state index >= 15 is 0 Å². The van der Waals surface area contributed by atoms with E-state index in [1.807, 2.05) is 0 Å². The van der Waals surface area contributed by atoms with Crippen LogP contribution in [0.1, 0.15) is 42.1 Å². The van der Waals surface area contributed by atoms with Gasteiger partial charge < -0.3 is 26.0 Å². The van der Waals surface area contributed by atoms with Crippen LogP contribution in [0.15, 0.2) is 29.8 Å². The lowest BCUT2D eigenvalue weighted by Crippen LogP contribution is -2.32. The molecule has 32 heavy (non-hydrogen) atoms. The number of benzene rings is 1. The zero-order valence-electron chi connectivity index (χ0n) is 17.4. The van der Waals surface area contributed by atoms with Crippen LogP contribution in [0.5, 0.6) is 0 Å². The Morgan fingerprint density at radius 3 is 3.00 bits per heavy atom. The summed E-state index contributed by atoms with van der Waals surface area (Å²) in [5.74, 6) is -0.496. The lowest BCUT2D eigenvalue weighted by Gasteiger charge is -2.19. The summed E-state index contributed by atoms with van der Waals surface area (Å²) in [6.07, 6.45) is -0.331. The van der Waals surface area contributed by atoms with Gasteiger partial charge in [0.1, 0.15) is 28.8 Å². The van der Waals surface area contributed by atoms with E-state index in [0.717, 1.165) is 11.3 Å². The minimum Gasteiger partial charge on any atom is -0.392 e. The maximum absolute atomic E-state index is 14.3. The molecule has 3 aromatic rings. The summed E-state index contributed by atoms with van der Waals surface area (Å²) in [5, 5.41) is 29.4. The van der Waals surface area contributed by atoms with Crippen LogP contribution in [-0.4, -0.2) is 43.8 Å². The van der Waals surface area contributed by atoms with Gasteiger partial charge in [0.2, 0.25) is 0 Å². The molecule has 3 heterocycles. The number of nitrogens with zero attached hydrogens (tertiary/aromatic N) is 3. The Kier molecular flexibility index (Phi) is 6.82. The van der Waals surface area contributed by atoms with Gasteiger partial charge in [-0.25, -0.2) is 13.8 Å². The molecule has 1 saturated heterocycles. The fraction of sp³-hybridized carbons (Fsp3) is 0.429. The monoisotopic (exact) mass is 465 g/mol. The van der Waals surface area contributed by atoms with Crippen molar-refractivity contribution >= 4 is 17.0 Å². The predicted octanol–water partition coefficient (Wildman–Crippen LogP) is 2.79. The van der Waals surface area contributed by atoms with E-state index in [1.165, 1.54) is 12.1 Å². The largest absolute Gasteiger partial charge is 0.392 e. The number of ether oxygens (including phenoxy) is 1. The molecule has 11 heteroatoms. The summed E-state index contributed by atoms with van der Waals surface area (Å²) >= 11 is 1.16. The average molecular weight is 466 g/mol. The molecular weight excluding hydrogens is 440 g/mol. The van der Waals surface area contributed by atoms with E-state index in [2.05, 4.69) is 15.4 Å². The Morgan fingerprint density at radius 1 is 1.41 bits per heavy atom. The third-order valence-electron chi connectivity index (χ3n) is 5.55. The van der Waals surface area contributed by atoms with Gasteiger partial charge in [0, 0.05) is 18.5 Å². The highest BCUT2D eigenvalue weighted by Crippen LogP contribution is 2.35. The first-order chi connectivity index (χ1) is 15.4.